The van der Waals surface area contributed by atoms with E-state index in [0.29, 0.717) is 35.4 Å². The highest BCUT2D eigenvalue weighted by molar-refractivity contribution is 7.90. The summed E-state index contributed by atoms with van der Waals surface area (Å²) < 4.78 is 71.0. The molecule has 1 aromatic heterocycles. The predicted octanol–water partition coefficient (Wildman–Crippen LogP) is 4.75. The first-order valence-corrected chi connectivity index (χ1v) is 15.0. The molecule has 3 aromatic rings. The van der Waals surface area contributed by atoms with E-state index in [2.05, 4.69) is 27.3 Å². The van der Waals surface area contributed by atoms with Crippen LogP contribution in [0.1, 0.15) is 25.5 Å². The Bertz CT molecular complexity index is 1680. The van der Waals surface area contributed by atoms with Crippen molar-refractivity contribution in [2.24, 2.45) is 0 Å². The number of alkyl halides is 3. The first-order chi connectivity index (χ1) is 19.9. The number of likely N-dealkylation sites (tertiary alicyclic amines) is 1. The van der Waals surface area contributed by atoms with E-state index in [1.165, 1.54) is 25.1 Å². The number of nitrogens with zero attached hydrogens (tertiary/aromatic N) is 3. The Hall–Kier alpha value is -4.36. The van der Waals surface area contributed by atoms with E-state index >= 15 is 0 Å². The summed E-state index contributed by atoms with van der Waals surface area (Å²) in [5.74, 6) is 5.85. The van der Waals surface area contributed by atoms with Crippen LogP contribution in [0.2, 0.25) is 0 Å². The summed E-state index contributed by atoms with van der Waals surface area (Å²) in [5, 5.41) is 7.03. The molecule has 1 aliphatic heterocycles. The number of carbonyl (C=O) groups is 1. The topological polar surface area (TPSA) is 97.0 Å². The number of amides is 1. The van der Waals surface area contributed by atoms with Crippen molar-refractivity contribution in [1.29, 1.82) is 0 Å². The zero-order valence-corrected chi connectivity index (χ0v) is 23.9. The fourth-order valence-corrected chi connectivity index (χ4v) is 5.43. The highest BCUT2D eigenvalue weighted by Gasteiger charge is 2.30. The Morgan fingerprint density at radius 2 is 1.90 bits per heavy atom. The smallest absolute Gasteiger partial charge is 0.406 e. The van der Waals surface area contributed by atoms with Gasteiger partial charge in [0, 0.05) is 49.5 Å². The van der Waals surface area contributed by atoms with Gasteiger partial charge in [-0.3, -0.25) is 9.64 Å². The van der Waals surface area contributed by atoms with Crippen LogP contribution in [-0.4, -0.2) is 68.6 Å². The summed E-state index contributed by atoms with van der Waals surface area (Å²) in [6.45, 7) is 8.18. The molecule has 0 saturated carbocycles. The third kappa shape index (κ3) is 7.68. The summed E-state index contributed by atoms with van der Waals surface area (Å²) in [7, 11) is -3.51. The summed E-state index contributed by atoms with van der Waals surface area (Å²) in [6, 6.07) is 11.0. The Labute approximate surface area is 242 Å². The van der Waals surface area contributed by atoms with Crippen LogP contribution in [0, 0.1) is 18.4 Å². The largest absolute Gasteiger partial charge is 0.424 e. The fourth-order valence-electron chi connectivity index (χ4n) is 4.80. The number of benzene rings is 2. The van der Waals surface area contributed by atoms with Gasteiger partial charge in [-0.1, -0.05) is 12.0 Å². The second kappa shape index (κ2) is 12.7. The van der Waals surface area contributed by atoms with Crippen LogP contribution in [0.25, 0.3) is 15.7 Å². The minimum absolute atomic E-state index is 0.0139. The van der Waals surface area contributed by atoms with Gasteiger partial charge in [0.15, 0.2) is 15.6 Å². The van der Waals surface area contributed by atoms with Gasteiger partial charge in [-0.2, -0.15) is 13.2 Å². The molecule has 0 spiro atoms. The molecule has 9 nitrogen and oxygen atoms in total. The van der Waals surface area contributed by atoms with Crippen LogP contribution in [0.15, 0.2) is 47.4 Å². The molecule has 13 heteroatoms. The third-order valence-corrected chi connectivity index (χ3v) is 7.94. The van der Waals surface area contributed by atoms with E-state index < -0.39 is 22.6 Å². The Kier molecular flexibility index (Phi) is 9.22. The number of sulfone groups is 1. The molecular weight excluding hydrogens is 571 g/mol. The van der Waals surface area contributed by atoms with E-state index in [1.54, 1.807) is 23.1 Å². The molecule has 0 unspecified atom stereocenters. The molecule has 4 rings (SSSR count). The number of ether oxygens (including phenoxy) is 1. The lowest BCUT2D eigenvalue weighted by Crippen LogP contribution is -2.41. The van der Waals surface area contributed by atoms with Crippen LogP contribution >= 0.6 is 0 Å². The van der Waals surface area contributed by atoms with Crippen LogP contribution in [0.4, 0.5) is 24.5 Å². The number of halogens is 3. The number of rotatable bonds is 8. The third-order valence-electron chi connectivity index (χ3n) is 6.83. The summed E-state index contributed by atoms with van der Waals surface area (Å²) in [5.41, 5.74) is 1.66. The normalized spacial score (nSPS) is 14.1. The molecule has 2 N–H and O–H groups in total. The molecule has 0 radical (unpaired) electrons. The van der Waals surface area contributed by atoms with Crippen molar-refractivity contribution in [1.82, 2.24) is 9.47 Å². The second-order valence-electron chi connectivity index (χ2n) is 9.91. The standard InChI is InChI=1S/C29H30F3N5O4S/c1-20(38)36-14-11-21(12-15-36)35-25-7-4-8-27-24(25)16-22(37(27)18-29(30,31)32)6-5-13-34-26-10-9-23(42(3,39)40)17-28(26)41-19-33-2/h4,7-10,16-17,21,34-35H,11-15,18-19H2,1,3H3. The Morgan fingerprint density at radius 3 is 2.55 bits per heavy atom. The first-order valence-electron chi connectivity index (χ1n) is 13.1. The van der Waals surface area contributed by atoms with Gasteiger partial charge in [0.2, 0.25) is 5.91 Å². The lowest BCUT2D eigenvalue weighted by atomic mass is 10.0. The Balaban J connectivity index is 1.58. The minimum atomic E-state index is -4.47. The molecule has 2 heterocycles. The van der Waals surface area contributed by atoms with Crippen LogP contribution in [0.5, 0.6) is 5.75 Å². The van der Waals surface area contributed by atoms with E-state index in [4.69, 9.17) is 11.3 Å². The maximum absolute atomic E-state index is 13.6. The molecule has 42 heavy (non-hydrogen) atoms. The quantitative estimate of drug-likeness (QED) is 0.286. The number of hydrogen-bond acceptors (Lipinski definition) is 6. The second-order valence-corrected chi connectivity index (χ2v) is 11.9. The van der Waals surface area contributed by atoms with Crippen molar-refractivity contribution in [2.75, 3.05) is 43.3 Å². The monoisotopic (exact) mass is 601 g/mol. The molecule has 1 aliphatic rings. The van der Waals surface area contributed by atoms with Crippen molar-refractivity contribution in [3.8, 4) is 17.6 Å². The van der Waals surface area contributed by atoms with E-state index in [9.17, 15) is 26.4 Å². The van der Waals surface area contributed by atoms with Crippen LogP contribution in [0.3, 0.4) is 0 Å². The van der Waals surface area contributed by atoms with Gasteiger partial charge in [-0.25, -0.2) is 15.0 Å². The predicted molar refractivity (Wildman–Crippen MR) is 154 cm³/mol. The van der Waals surface area contributed by atoms with Gasteiger partial charge < -0.3 is 24.8 Å². The van der Waals surface area contributed by atoms with E-state index in [1.807, 2.05) is 6.07 Å². The molecular formula is C29H30F3N5O4S. The number of anilines is 2. The zero-order valence-electron chi connectivity index (χ0n) is 23.1. The molecule has 0 atom stereocenters. The van der Waals surface area contributed by atoms with Gasteiger partial charge in [0.05, 0.1) is 28.3 Å². The average Bonchev–Trinajstić information content (AvgIpc) is 3.26. The fraction of sp³-hybridized carbons (Fsp3) is 0.379. The van der Waals surface area contributed by atoms with Gasteiger partial charge in [0.1, 0.15) is 6.54 Å². The summed E-state index contributed by atoms with van der Waals surface area (Å²) in [4.78, 5) is 16.6. The average molecular weight is 602 g/mol. The van der Waals surface area contributed by atoms with Crippen molar-refractivity contribution < 1.29 is 31.1 Å². The Morgan fingerprint density at radius 1 is 1.17 bits per heavy atom. The molecule has 1 fully saturated rings. The SMILES string of the molecule is [C-]#[N+]COc1cc(S(C)(=O)=O)ccc1NCC#Cc1cc2c(NC3CCN(C(C)=O)CC3)cccc2n1CC(F)(F)F. The summed E-state index contributed by atoms with van der Waals surface area (Å²) in [6.07, 6.45) is -1.97. The van der Waals surface area contributed by atoms with E-state index in [0.717, 1.165) is 23.7 Å². The number of fused-ring (bicyclic) bond motifs is 1. The lowest BCUT2D eigenvalue weighted by molar-refractivity contribution is -0.140. The van der Waals surface area contributed by atoms with E-state index in [-0.39, 0.29) is 41.6 Å². The first kappa shape index (κ1) is 30.6. The maximum Gasteiger partial charge on any atom is 0.406 e. The lowest BCUT2D eigenvalue weighted by Gasteiger charge is -2.32. The molecule has 1 amide bonds. The highest BCUT2D eigenvalue weighted by atomic mass is 32.2. The molecule has 0 bridgehead atoms. The maximum atomic E-state index is 13.6. The zero-order chi connectivity index (χ0) is 30.5. The molecule has 222 valence electrons. The van der Waals surface area contributed by atoms with Crippen LogP contribution in [-0.2, 0) is 21.2 Å². The number of aromatic nitrogens is 1. The van der Waals surface area contributed by atoms with Gasteiger partial charge >= 0.3 is 12.9 Å². The summed E-state index contributed by atoms with van der Waals surface area (Å²) >= 11 is 0. The molecule has 0 aliphatic carbocycles. The number of piperidine rings is 1. The van der Waals surface area contributed by atoms with Gasteiger partial charge in [0.25, 0.3) is 0 Å². The molecule has 1 saturated heterocycles. The van der Waals surface area contributed by atoms with Crippen molar-refractivity contribution in [3.63, 3.8) is 0 Å². The number of carbonyl (C=O) groups excluding carboxylic acids is 1. The van der Waals surface area contributed by atoms with Gasteiger partial charge in [-0.15, -0.1) is 0 Å². The van der Waals surface area contributed by atoms with Crippen molar-refractivity contribution >= 4 is 38.0 Å². The number of hydrogen-bond donors (Lipinski definition) is 2. The minimum Gasteiger partial charge on any atom is -0.424 e. The van der Waals surface area contributed by atoms with Crippen molar-refractivity contribution in [2.45, 2.75) is 43.4 Å². The van der Waals surface area contributed by atoms with Gasteiger partial charge in [-0.05, 0) is 49.1 Å². The highest BCUT2D eigenvalue weighted by Crippen LogP contribution is 2.32. The number of nitrogens with one attached hydrogen (secondary N) is 2. The molecule has 2 aromatic carbocycles. The van der Waals surface area contributed by atoms with Crippen LogP contribution < -0.4 is 15.4 Å². The van der Waals surface area contributed by atoms with Crippen molar-refractivity contribution in [3.05, 3.63) is 59.6 Å².